The summed E-state index contributed by atoms with van der Waals surface area (Å²) in [5.41, 5.74) is 19.5. The molecule has 6 saturated heterocycles. The molecule has 6 aliphatic rings. The minimum absolute atomic E-state index is 0.00313. The fourth-order valence-corrected chi connectivity index (χ4v) is 18.9. The molecule has 0 amide bonds. The van der Waals surface area contributed by atoms with Gasteiger partial charge in [0.05, 0.1) is 57.7 Å². The molecule has 0 spiro atoms. The predicted molar refractivity (Wildman–Crippen MR) is 368 cm³/mol. The van der Waals surface area contributed by atoms with Gasteiger partial charge in [0, 0.05) is 0 Å². The smallest absolute Gasteiger partial charge is 0.472 e. The largest absolute Gasteiger partial charge is 0.756 e. The van der Waals surface area contributed by atoms with E-state index in [1.54, 1.807) is 0 Å². The Morgan fingerprint density at radius 1 is 0.491 bits per heavy atom. The molecule has 54 heteroatoms. The number of nitrogens with one attached hydrogen (secondary N) is 4. The van der Waals surface area contributed by atoms with Crippen LogP contribution in [0.15, 0.2) is 44.5 Å². The number of imidazole rings is 4. The van der Waals surface area contributed by atoms with Crippen LogP contribution >= 0.6 is 31.3 Å². The molecule has 0 saturated carbocycles. The van der Waals surface area contributed by atoms with Gasteiger partial charge in [-0.25, -0.2) is 29.1 Å². The molecule has 6 fully saturated rings. The number of aromatic nitrogens is 16. The average Bonchev–Trinajstić information content (AvgIpc) is 1.61. The zero-order chi connectivity index (χ0) is 78.4. The summed E-state index contributed by atoms with van der Waals surface area (Å²) in [5.74, 6) is -3.18. The summed E-state index contributed by atoms with van der Waals surface area (Å²) in [6.07, 6.45) is -17.7. The zero-order valence-electron chi connectivity index (χ0n) is 58.9. The number of Topliss-reactive ketones (excluding diaryl/α,β-unsaturated/α-hetero) is 1. The van der Waals surface area contributed by atoms with Crippen molar-refractivity contribution in [3.8, 4) is 0 Å². The van der Waals surface area contributed by atoms with Crippen LogP contribution in [0.3, 0.4) is 0 Å². The fourth-order valence-electron chi connectivity index (χ4n) is 12.5. The van der Waals surface area contributed by atoms with E-state index in [4.69, 9.17) is 86.9 Å². The third-order valence-electron chi connectivity index (χ3n) is 19.7. The molecule has 8 unspecified atom stereocenters. The highest BCUT2D eigenvalue weighted by Crippen LogP contribution is 2.57. The first-order chi connectivity index (χ1) is 50.2. The molecular weight excluding hydrogens is 1560 g/mol. The van der Waals surface area contributed by atoms with Crippen molar-refractivity contribution in [2.24, 2.45) is 5.92 Å². The molecule has 6 aliphatic heterocycles. The maximum absolute atomic E-state index is 14.1. The van der Waals surface area contributed by atoms with E-state index in [1.165, 1.54) is 21.8 Å². The lowest BCUT2D eigenvalue weighted by Crippen LogP contribution is -2.50. The number of anilines is 4. The van der Waals surface area contributed by atoms with Crippen LogP contribution in [0, 0.1) is 5.92 Å². The molecule has 48 nitrogen and oxygen atoms in total. The average molecular weight is 1630 g/mol. The number of fused-ring (bicyclic) bond motifs is 8. The van der Waals surface area contributed by atoms with Gasteiger partial charge in [-0.1, -0.05) is 41.5 Å². The second-order valence-corrected chi connectivity index (χ2v) is 44.0. The van der Waals surface area contributed by atoms with Crippen LogP contribution in [0.4, 0.5) is 23.8 Å². The molecule has 8 aromatic rings. The van der Waals surface area contributed by atoms with Crippen LogP contribution in [0.5, 0.6) is 0 Å². The van der Waals surface area contributed by atoms with Gasteiger partial charge in [-0.05, 0) is 43.2 Å². The normalized spacial score (nSPS) is 34.0. The molecule has 15 N–H and O–H groups in total. The van der Waals surface area contributed by atoms with Crippen molar-refractivity contribution in [1.82, 2.24) is 78.1 Å². The summed E-state index contributed by atoms with van der Waals surface area (Å²) in [7, 11) is -26.7. The van der Waals surface area contributed by atoms with Crippen LogP contribution in [-0.2, 0) is 87.0 Å². The molecule has 590 valence electrons. The van der Waals surface area contributed by atoms with Gasteiger partial charge in [0.1, 0.15) is 79.2 Å². The third kappa shape index (κ3) is 15.3. The Morgan fingerprint density at radius 2 is 0.778 bits per heavy atom. The van der Waals surface area contributed by atoms with Crippen LogP contribution in [0.25, 0.3) is 44.7 Å². The predicted octanol–water partition coefficient (Wildman–Crippen LogP) is -0.457. The van der Waals surface area contributed by atoms with Gasteiger partial charge in [-0.3, -0.25) is 89.4 Å². The lowest BCUT2D eigenvalue weighted by Gasteiger charge is -2.41. The number of hydrogen-bond acceptors (Lipinski definition) is 38. The number of carbonyl (C=O) groups is 1. The molecule has 0 radical (unpaired) electrons. The molecule has 14 heterocycles. The summed E-state index contributed by atoms with van der Waals surface area (Å²) >= 11 is 0. The van der Waals surface area contributed by atoms with E-state index in [9.17, 15) is 66.9 Å². The number of phosphoric acid groups is 4. The zero-order valence-corrected chi connectivity index (χ0v) is 64.5. The number of ketones is 1. The van der Waals surface area contributed by atoms with Crippen molar-refractivity contribution in [1.29, 1.82) is 0 Å². The Bertz CT molecular complexity index is 5120. The summed E-state index contributed by atoms with van der Waals surface area (Å²) in [5, 5.41) is 10.3. The van der Waals surface area contributed by atoms with Gasteiger partial charge in [0.25, 0.3) is 37.9 Å². The highest BCUT2D eigenvalue weighted by Gasteiger charge is 2.59. The molecule has 8 aromatic heterocycles. The molecule has 0 aliphatic carbocycles. The standard InChI is InChI=1S/C32H52N10O14P2Si2.C22H26N10O14P2/c1-31(2,3)59(7,8)55-21-19-15(51-27(21)41-13-35-17-23(41)37-29(33)39-25(17)43)11-49-58(47,48)54-20-16(12-50-57(45,46)53-19)52-28(22(20)56-60(9,10)32(4,5)6)42-14-36-18-24(42)38-30(34)40-26(18)44;1-6(33)9-13-7(43-19(9)31-4-25-10-15(31)27-21(23)29-17(10)35)2-41-48(39,40)46-14-8(3-42-47(37,38)45-13)44-20(12(14)34)32-5-26-11-16(32)28-22(24)30-18(11)36/h13-16,19-22,27-28H,11-12H2,1-10H3,(H,45,46)(H,47,48)(H3,33,37,39,43)(H3,34,38,40,44);4-5,7-9,12-14,19-20,34H,2-3H2,1H3,(H,37,38)(H,39,40)(H3,23,27,29,35)(H3,24,28,30,36)/p-2/t15-,16-,19?,20?,21+,22+,27-,28-;7-,8-,9+,12+,13?,14?,19-,20-/m11/s1. The van der Waals surface area contributed by atoms with Gasteiger partial charge in [-0.2, -0.15) is 19.9 Å². The second-order valence-electron chi connectivity index (χ2n) is 29.0. The fraction of sp³-hybridized carbons (Fsp3) is 0.611. The quantitative estimate of drug-likeness (QED) is 0.0643. The number of phosphoric ester groups is 4. The highest BCUT2D eigenvalue weighted by molar-refractivity contribution is 7.47. The van der Waals surface area contributed by atoms with Crippen LogP contribution in [0.1, 0.15) is 73.4 Å². The lowest BCUT2D eigenvalue weighted by molar-refractivity contribution is -0.244. The van der Waals surface area contributed by atoms with Crippen molar-refractivity contribution in [3.63, 3.8) is 0 Å². The number of nitrogens with two attached hydrogens (primary N) is 4. The molecular formula is C54H76N20O28P4Si2-2. The van der Waals surface area contributed by atoms with Gasteiger partial charge in [-0.15, -0.1) is 0 Å². The van der Waals surface area contributed by atoms with Gasteiger partial charge < -0.3 is 93.5 Å². The van der Waals surface area contributed by atoms with E-state index < -0.39 is 210 Å². The van der Waals surface area contributed by atoms with Crippen molar-refractivity contribution >= 4 is 122 Å². The second kappa shape index (κ2) is 28.3. The van der Waals surface area contributed by atoms with Crippen molar-refractivity contribution < 1.29 is 112 Å². The van der Waals surface area contributed by atoms with E-state index >= 15 is 0 Å². The van der Waals surface area contributed by atoms with Crippen LogP contribution in [0.2, 0.25) is 36.3 Å². The number of H-pyrrole nitrogens is 4. The molecule has 20 atom stereocenters. The van der Waals surface area contributed by atoms with Gasteiger partial charge >= 0.3 is 15.6 Å². The minimum atomic E-state index is -5.40. The Kier molecular flexibility index (Phi) is 20.7. The third-order valence-corrected chi connectivity index (χ3v) is 32.5. The first-order valence-corrected chi connectivity index (χ1v) is 44.6. The van der Waals surface area contributed by atoms with E-state index in [1.807, 2.05) is 67.7 Å². The number of hydrogen-bond donors (Lipinski definition) is 11. The van der Waals surface area contributed by atoms with Gasteiger partial charge in [0.2, 0.25) is 23.8 Å². The first kappa shape index (κ1) is 79.0. The molecule has 108 heavy (non-hydrogen) atoms. The number of ether oxygens (including phenoxy) is 4. The number of carbonyl (C=O) groups excluding carboxylic acids is 1. The Labute approximate surface area is 608 Å². The molecule has 0 bridgehead atoms. The number of aliphatic hydroxyl groups is 1. The van der Waals surface area contributed by atoms with E-state index in [2.05, 4.69) is 59.8 Å². The van der Waals surface area contributed by atoms with Crippen molar-refractivity contribution in [2.75, 3.05) is 49.4 Å². The number of aliphatic hydroxyl groups excluding tert-OH is 1. The number of nitrogen functional groups attached to an aromatic ring is 4. The number of rotatable bonds is 9. The van der Waals surface area contributed by atoms with E-state index in [-0.39, 0.29) is 68.4 Å². The topological polar surface area (TPSA) is 680 Å². The molecule has 14 rings (SSSR count). The van der Waals surface area contributed by atoms with Crippen molar-refractivity contribution in [3.05, 3.63) is 66.7 Å². The Hall–Kier alpha value is -7.14. The minimum Gasteiger partial charge on any atom is -0.756 e. The summed E-state index contributed by atoms with van der Waals surface area (Å²) < 4.78 is 141. The number of nitrogens with zero attached hydrogens (tertiary/aromatic N) is 12. The van der Waals surface area contributed by atoms with Gasteiger partial charge in [0.15, 0.2) is 80.0 Å². The van der Waals surface area contributed by atoms with E-state index in [0.717, 1.165) is 28.7 Å². The maximum atomic E-state index is 14.1. The SMILES string of the molecule is CC(=O)[C@H]1C2OP(=O)([O-])OC[C@H]3O[C@@H](n4cnc5c(=O)[nH]c(N)nc54)[C@@H](O)C3OP(=O)([O-])OC[C@H]2O[C@H]1n1cnc2c(=O)[nH]c(N)nc21.CC(C)(C)[Si](C)(C)O[C@H]1C2OP(=O)(O)OC[C@H]3O[C@@H](n4cnc5c(=O)[nH]c(N)nc54)[C@@H](O[Si](C)(C)C(C)(C)C)C3OP(=O)(O)OC[C@H]2O[C@H]1n1cnc2c(=O)[nH]c(N)nc21. The summed E-state index contributed by atoms with van der Waals surface area (Å²) in [6, 6.07) is 0. The summed E-state index contributed by atoms with van der Waals surface area (Å²) in [6.45, 7) is 17.3. The Morgan fingerprint density at radius 3 is 1.12 bits per heavy atom. The maximum Gasteiger partial charge on any atom is 0.472 e. The monoisotopic (exact) mass is 1630 g/mol. The number of aromatic amines is 4. The Balaban J connectivity index is 0.000000195. The van der Waals surface area contributed by atoms with Crippen LogP contribution in [-0.4, -0.2) is 209 Å². The summed E-state index contributed by atoms with van der Waals surface area (Å²) in [4.78, 5) is 154. The van der Waals surface area contributed by atoms with Crippen LogP contribution < -0.4 is 55.0 Å². The highest BCUT2D eigenvalue weighted by atomic mass is 31.2. The molecule has 0 aromatic carbocycles. The lowest BCUT2D eigenvalue weighted by atomic mass is 9.96. The van der Waals surface area contributed by atoms with Crippen molar-refractivity contribution in [2.45, 2.75) is 177 Å². The first-order valence-electron chi connectivity index (χ1n) is 32.9. The van der Waals surface area contributed by atoms with E-state index in [0.29, 0.717) is 0 Å².